The van der Waals surface area contributed by atoms with Crippen LogP contribution >= 0.6 is 27.3 Å². The van der Waals surface area contributed by atoms with E-state index in [0.29, 0.717) is 0 Å². The molecule has 1 unspecified atom stereocenters. The predicted molar refractivity (Wildman–Crippen MR) is 55.1 cm³/mol. The van der Waals surface area contributed by atoms with Gasteiger partial charge in [-0.25, -0.2) is 0 Å². The highest BCUT2D eigenvalue weighted by molar-refractivity contribution is 9.10. The third-order valence-electron chi connectivity index (χ3n) is 2.34. The zero-order chi connectivity index (χ0) is 8.77. The van der Waals surface area contributed by atoms with E-state index in [1.807, 2.05) is 5.38 Å². The Hall–Kier alpha value is 0.1000. The van der Waals surface area contributed by atoms with Crippen LogP contribution in [0.25, 0.3) is 0 Å². The summed E-state index contributed by atoms with van der Waals surface area (Å²) in [6, 6.07) is 2.08. The fraction of sp³-hybridized carbons (Fsp3) is 0.500. The number of hydrogen-bond acceptors (Lipinski definition) is 3. The average molecular weight is 247 g/mol. The second-order valence-corrected chi connectivity index (χ2v) is 5.24. The van der Waals surface area contributed by atoms with Crippen molar-refractivity contribution in [3.8, 4) is 0 Å². The summed E-state index contributed by atoms with van der Waals surface area (Å²) in [5.74, 6) is 0. The normalized spacial score (nSPS) is 22.2. The topological polar surface area (TPSA) is 52.0 Å². The Labute approximate surface area is 84.1 Å². The van der Waals surface area contributed by atoms with E-state index >= 15 is 0 Å². The van der Waals surface area contributed by atoms with E-state index < -0.39 is 0 Å². The van der Waals surface area contributed by atoms with E-state index in [1.165, 1.54) is 4.88 Å². The van der Waals surface area contributed by atoms with Crippen molar-refractivity contribution < 1.29 is 0 Å². The molecule has 1 aromatic heterocycles. The van der Waals surface area contributed by atoms with Crippen LogP contribution in [0.3, 0.4) is 0 Å². The van der Waals surface area contributed by atoms with Crippen LogP contribution in [0, 0.1) is 0 Å². The molecule has 1 heterocycles. The Kier molecular flexibility index (Phi) is 2.03. The summed E-state index contributed by atoms with van der Waals surface area (Å²) in [5.41, 5.74) is 11.9. The molecule has 0 aromatic carbocycles. The molecule has 4 heteroatoms. The van der Waals surface area contributed by atoms with Gasteiger partial charge in [0.05, 0.1) is 6.04 Å². The quantitative estimate of drug-likeness (QED) is 0.839. The summed E-state index contributed by atoms with van der Waals surface area (Å²) >= 11 is 5.07. The fourth-order valence-electron chi connectivity index (χ4n) is 1.23. The van der Waals surface area contributed by atoms with Gasteiger partial charge in [0.2, 0.25) is 0 Å². The van der Waals surface area contributed by atoms with Gasteiger partial charge in [0, 0.05) is 20.3 Å². The lowest BCUT2D eigenvalue weighted by atomic mass is 10.1. The smallest absolute Gasteiger partial charge is 0.0573 e. The first-order valence-corrected chi connectivity index (χ1v) is 5.57. The second kappa shape index (κ2) is 2.80. The second-order valence-electron chi connectivity index (χ2n) is 3.38. The maximum atomic E-state index is 6.01. The molecule has 1 fully saturated rings. The first-order valence-electron chi connectivity index (χ1n) is 3.90. The van der Waals surface area contributed by atoms with Crippen LogP contribution in [0.15, 0.2) is 15.9 Å². The van der Waals surface area contributed by atoms with Crippen molar-refractivity contribution in [3.63, 3.8) is 0 Å². The first kappa shape index (κ1) is 8.69. The highest BCUT2D eigenvalue weighted by atomic mass is 79.9. The lowest BCUT2D eigenvalue weighted by Gasteiger charge is -2.16. The monoisotopic (exact) mass is 246 g/mol. The zero-order valence-corrected chi connectivity index (χ0v) is 8.99. The average Bonchev–Trinajstić information content (AvgIpc) is 2.62. The van der Waals surface area contributed by atoms with Crippen LogP contribution in [0.2, 0.25) is 0 Å². The molecule has 0 radical (unpaired) electrons. The van der Waals surface area contributed by atoms with Crippen molar-refractivity contribution in [2.24, 2.45) is 11.5 Å². The molecule has 2 rings (SSSR count). The summed E-state index contributed by atoms with van der Waals surface area (Å²) < 4.78 is 1.10. The summed E-state index contributed by atoms with van der Waals surface area (Å²) in [6.07, 6.45) is 2.12. The maximum absolute atomic E-state index is 6.01. The Bertz CT molecular complexity index is 293. The van der Waals surface area contributed by atoms with Gasteiger partial charge in [-0.1, -0.05) is 0 Å². The summed E-state index contributed by atoms with van der Waals surface area (Å²) in [6.45, 7) is 0. The largest absolute Gasteiger partial charge is 0.323 e. The van der Waals surface area contributed by atoms with E-state index in [4.69, 9.17) is 11.5 Å². The van der Waals surface area contributed by atoms with Crippen molar-refractivity contribution in [1.82, 2.24) is 0 Å². The lowest BCUT2D eigenvalue weighted by molar-refractivity contribution is 0.543. The van der Waals surface area contributed by atoms with Gasteiger partial charge in [-0.2, -0.15) is 0 Å². The summed E-state index contributed by atoms with van der Waals surface area (Å²) in [5, 5.41) is 2.04. The molecule has 0 aliphatic heterocycles. The van der Waals surface area contributed by atoms with E-state index in [1.54, 1.807) is 11.3 Å². The van der Waals surface area contributed by atoms with Gasteiger partial charge in [0.15, 0.2) is 0 Å². The molecule has 1 aliphatic carbocycles. The minimum absolute atomic E-state index is 0.0220. The molecule has 1 saturated carbocycles. The minimum Gasteiger partial charge on any atom is -0.323 e. The van der Waals surface area contributed by atoms with Gasteiger partial charge in [-0.15, -0.1) is 11.3 Å². The molecular weight excluding hydrogens is 236 g/mol. The van der Waals surface area contributed by atoms with Crippen LogP contribution in [0.1, 0.15) is 23.8 Å². The predicted octanol–water partition coefficient (Wildman–Crippen LogP) is 2.00. The maximum Gasteiger partial charge on any atom is 0.0573 e. The number of halogens is 1. The zero-order valence-electron chi connectivity index (χ0n) is 6.59. The summed E-state index contributed by atoms with van der Waals surface area (Å²) in [4.78, 5) is 1.18. The van der Waals surface area contributed by atoms with Gasteiger partial charge < -0.3 is 11.5 Å². The molecule has 0 saturated heterocycles. The third kappa shape index (κ3) is 1.44. The van der Waals surface area contributed by atoms with Gasteiger partial charge >= 0.3 is 0 Å². The molecule has 4 N–H and O–H groups in total. The van der Waals surface area contributed by atoms with E-state index in [2.05, 4.69) is 22.0 Å². The molecular formula is C8H11BrN2S. The van der Waals surface area contributed by atoms with Gasteiger partial charge in [0.1, 0.15) is 0 Å². The van der Waals surface area contributed by atoms with Gasteiger partial charge in [-0.05, 0) is 34.8 Å². The van der Waals surface area contributed by atoms with Crippen molar-refractivity contribution in [2.75, 3.05) is 0 Å². The molecule has 0 spiro atoms. The Morgan fingerprint density at radius 3 is 2.67 bits per heavy atom. The molecule has 2 nitrogen and oxygen atoms in total. The van der Waals surface area contributed by atoms with Crippen LogP contribution in [0.4, 0.5) is 0 Å². The van der Waals surface area contributed by atoms with Crippen LogP contribution in [-0.4, -0.2) is 5.54 Å². The standard InChI is InChI=1S/C8H11BrN2S/c9-5-3-6(12-4-5)7(10)8(11)1-2-8/h3-4,7H,1-2,10-11H2. The number of nitrogens with two attached hydrogens (primary N) is 2. The molecule has 0 bridgehead atoms. The van der Waals surface area contributed by atoms with E-state index in [9.17, 15) is 0 Å². The van der Waals surface area contributed by atoms with Crippen molar-refractivity contribution >= 4 is 27.3 Å². The van der Waals surface area contributed by atoms with Crippen molar-refractivity contribution in [3.05, 3.63) is 20.8 Å². The fourth-order valence-corrected chi connectivity index (χ4v) is 2.80. The number of hydrogen-bond donors (Lipinski definition) is 2. The van der Waals surface area contributed by atoms with E-state index in [0.717, 1.165) is 17.3 Å². The van der Waals surface area contributed by atoms with Crippen molar-refractivity contribution in [2.45, 2.75) is 24.4 Å². The highest BCUT2D eigenvalue weighted by Crippen LogP contribution is 2.43. The van der Waals surface area contributed by atoms with Crippen LogP contribution < -0.4 is 11.5 Å². The highest BCUT2D eigenvalue weighted by Gasteiger charge is 2.45. The van der Waals surface area contributed by atoms with Crippen LogP contribution in [0.5, 0.6) is 0 Å². The van der Waals surface area contributed by atoms with Gasteiger partial charge in [-0.3, -0.25) is 0 Å². The lowest BCUT2D eigenvalue weighted by Crippen LogP contribution is -2.35. The SMILES string of the molecule is NC(c1cc(Br)cs1)C1(N)CC1. The molecule has 12 heavy (non-hydrogen) atoms. The van der Waals surface area contributed by atoms with E-state index in [-0.39, 0.29) is 11.6 Å². The molecule has 0 amide bonds. The first-order chi connectivity index (χ1) is 5.62. The third-order valence-corrected chi connectivity index (χ3v) is 4.12. The summed E-state index contributed by atoms with van der Waals surface area (Å²) in [7, 11) is 0. The Morgan fingerprint density at radius 2 is 2.25 bits per heavy atom. The minimum atomic E-state index is -0.107. The Morgan fingerprint density at radius 1 is 1.58 bits per heavy atom. The molecule has 1 atom stereocenters. The number of rotatable bonds is 2. The van der Waals surface area contributed by atoms with Crippen LogP contribution in [-0.2, 0) is 0 Å². The van der Waals surface area contributed by atoms with Crippen molar-refractivity contribution in [1.29, 1.82) is 0 Å². The molecule has 1 aliphatic rings. The Balaban J connectivity index is 2.19. The molecule has 1 aromatic rings. The number of thiophene rings is 1. The molecule has 66 valence electrons. The van der Waals surface area contributed by atoms with Gasteiger partial charge in [0.25, 0.3) is 0 Å².